The Morgan fingerprint density at radius 1 is 0.939 bits per heavy atom. The second kappa shape index (κ2) is 9.67. The number of hydrogen-bond donors (Lipinski definition) is 3. The van der Waals surface area contributed by atoms with Gasteiger partial charge in [-0.15, -0.1) is 0 Å². The van der Waals surface area contributed by atoms with Crippen molar-refractivity contribution in [3.63, 3.8) is 0 Å². The van der Waals surface area contributed by atoms with E-state index >= 15 is 0 Å². The summed E-state index contributed by atoms with van der Waals surface area (Å²) in [6.45, 7) is -0.181. The summed E-state index contributed by atoms with van der Waals surface area (Å²) in [5.41, 5.74) is -0.0478. The molecule has 2 amide bonds. The number of carbonyl (C=O) groups excluding carboxylic acids is 1. The first-order valence-electron chi connectivity index (χ1n) is 9.90. The Bertz CT molecular complexity index is 1260. The number of urea groups is 1. The van der Waals surface area contributed by atoms with Gasteiger partial charge in [-0.25, -0.2) is 17.9 Å². The fourth-order valence-electron chi connectivity index (χ4n) is 3.28. The normalized spacial score (nSPS) is 11.9. The standard InChI is InChI=1S/C22H23F3N4O3S/c1-29(2)19-10-4-9-18-17(19)8-5-11-20(18)33(31,32)27-13-12-26-21(30)28-16-7-3-6-15(14-16)22(23,24)25/h3-11,14,27H,12-13H2,1-2H3,(H2,26,28,30). The number of benzene rings is 3. The number of anilines is 2. The maximum atomic E-state index is 12.8. The number of nitrogens with zero attached hydrogens (tertiary/aromatic N) is 1. The first-order valence-corrected chi connectivity index (χ1v) is 11.4. The number of amides is 2. The summed E-state index contributed by atoms with van der Waals surface area (Å²) in [6.07, 6.45) is -4.53. The summed E-state index contributed by atoms with van der Waals surface area (Å²) in [6, 6.07) is 13.8. The van der Waals surface area contributed by atoms with Crippen molar-refractivity contribution in [2.45, 2.75) is 11.1 Å². The third kappa shape index (κ3) is 5.93. The lowest BCUT2D eigenvalue weighted by atomic mass is 10.1. The van der Waals surface area contributed by atoms with Gasteiger partial charge in [0.15, 0.2) is 0 Å². The molecule has 0 saturated carbocycles. The highest BCUT2D eigenvalue weighted by Gasteiger charge is 2.30. The topological polar surface area (TPSA) is 90.5 Å². The first-order chi connectivity index (χ1) is 15.5. The van der Waals surface area contributed by atoms with Crippen molar-refractivity contribution in [3.8, 4) is 0 Å². The van der Waals surface area contributed by atoms with E-state index in [1.54, 1.807) is 18.2 Å². The molecule has 33 heavy (non-hydrogen) atoms. The molecule has 0 radical (unpaired) electrons. The Balaban J connectivity index is 1.61. The fourth-order valence-corrected chi connectivity index (χ4v) is 4.53. The largest absolute Gasteiger partial charge is 0.416 e. The van der Waals surface area contributed by atoms with Gasteiger partial charge >= 0.3 is 12.2 Å². The molecule has 7 nitrogen and oxygen atoms in total. The van der Waals surface area contributed by atoms with Gasteiger partial charge in [0.25, 0.3) is 0 Å². The molecule has 3 aromatic rings. The van der Waals surface area contributed by atoms with Gasteiger partial charge in [-0.1, -0.05) is 30.3 Å². The van der Waals surface area contributed by atoms with E-state index in [0.717, 1.165) is 23.2 Å². The smallest absolute Gasteiger partial charge is 0.377 e. The first kappa shape index (κ1) is 24.3. The van der Waals surface area contributed by atoms with E-state index in [0.29, 0.717) is 5.39 Å². The van der Waals surface area contributed by atoms with Crippen LogP contribution >= 0.6 is 0 Å². The number of hydrogen-bond acceptors (Lipinski definition) is 4. The minimum absolute atomic E-state index is 0.0321. The zero-order valence-corrected chi connectivity index (χ0v) is 18.7. The minimum Gasteiger partial charge on any atom is -0.377 e. The van der Waals surface area contributed by atoms with Crippen molar-refractivity contribution in [1.29, 1.82) is 0 Å². The van der Waals surface area contributed by atoms with Crippen molar-refractivity contribution in [1.82, 2.24) is 10.0 Å². The lowest BCUT2D eigenvalue weighted by Crippen LogP contribution is -2.36. The maximum absolute atomic E-state index is 12.8. The Labute approximate surface area is 189 Å². The molecule has 0 fully saturated rings. The number of sulfonamides is 1. The molecular weight excluding hydrogens is 457 g/mol. The van der Waals surface area contributed by atoms with E-state index in [4.69, 9.17) is 0 Å². The van der Waals surface area contributed by atoms with Crippen molar-refractivity contribution < 1.29 is 26.4 Å². The molecule has 11 heteroatoms. The molecule has 0 spiro atoms. The second-order valence-corrected chi connectivity index (χ2v) is 9.12. The molecule has 0 unspecified atom stereocenters. The van der Waals surface area contributed by atoms with Gasteiger partial charge in [0.05, 0.1) is 10.5 Å². The van der Waals surface area contributed by atoms with Crippen molar-refractivity contribution in [3.05, 3.63) is 66.2 Å². The third-order valence-corrected chi connectivity index (χ3v) is 6.30. The lowest BCUT2D eigenvalue weighted by molar-refractivity contribution is -0.137. The minimum atomic E-state index is -4.53. The van der Waals surface area contributed by atoms with Gasteiger partial charge in [-0.3, -0.25) is 0 Å². The highest BCUT2D eigenvalue weighted by molar-refractivity contribution is 7.89. The van der Waals surface area contributed by atoms with E-state index < -0.39 is 27.8 Å². The van der Waals surface area contributed by atoms with Gasteiger partial charge < -0.3 is 15.5 Å². The predicted molar refractivity (Wildman–Crippen MR) is 122 cm³/mol. The highest BCUT2D eigenvalue weighted by Crippen LogP contribution is 2.31. The van der Waals surface area contributed by atoms with Crippen molar-refractivity contribution >= 4 is 38.2 Å². The average molecular weight is 481 g/mol. The average Bonchev–Trinajstić information content (AvgIpc) is 2.75. The molecule has 0 aliphatic heterocycles. The molecule has 0 aliphatic carbocycles. The Hall–Kier alpha value is -3.31. The van der Waals surface area contributed by atoms with Crippen LogP contribution in [0.1, 0.15) is 5.56 Å². The van der Waals surface area contributed by atoms with Crippen LogP contribution in [0.4, 0.5) is 29.3 Å². The quantitative estimate of drug-likeness (QED) is 0.446. The van der Waals surface area contributed by atoms with Gasteiger partial charge in [-0.05, 0) is 30.3 Å². The molecule has 0 saturated heterocycles. The summed E-state index contributed by atoms with van der Waals surface area (Å²) >= 11 is 0. The van der Waals surface area contributed by atoms with Crippen LogP contribution in [0.2, 0.25) is 0 Å². The molecule has 0 bridgehead atoms. The summed E-state index contributed by atoms with van der Waals surface area (Å²) in [5, 5.41) is 6.05. The van der Waals surface area contributed by atoms with Gasteiger partial charge in [0.1, 0.15) is 0 Å². The molecule has 0 aliphatic rings. The summed E-state index contributed by atoms with van der Waals surface area (Å²) in [4.78, 5) is 14.0. The monoisotopic (exact) mass is 480 g/mol. The Kier molecular flexibility index (Phi) is 7.13. The number of carbonyl (C=O) groups is 1. The van der Waals surface area contributed by atoms with Gasteiger partial charge in [0.2, 0.25) is 10.0 Å². The van der Waals surface area contributed by atoms with Crippen LogP contribution in [0, 0.1) is 0 Å². The zero-order chi connectivity index (χ0) is 24.2. The molecular formula is C22H23F3N4O3S. The fraction of sp³-hybridized carbons (Fsp3) is 0.227. The molecule has 0 atom stereocenters. The SMILES string of the molecule is CN(C)c1cccc2c(S(=O)(=O)NCCNC(=O)Nc3cccc(C(F)(F)F)c3)cccc12. The van der Waals surface area contributed by atoms with Crippen LogP contribution < -0.4 is 20.3 Å². The van der Waals surface area contributed by atoms with E-state index in [2.05, 4.69) is 15.4 Å². The number of nitrogens with one attached hydrogen (secondary N) is 3. The van der Waals surface area contributed by atoms with Crippen molar-refractivity contribution in [2.75, 3.05) is 37.4 Å². The van der Waals surface area contributed by atoms with Gasteiger partial charge in [-0.2, -0.15) is 13.2 Å². The Morgan fingerprint density at radius 2 is 1.61 bits per heavy atom. The molecule has 3 rings (SSSR count). The van der Waals surface area contributed by atoms with Gasteiger partial charge in [0, 0.05) is 49.3 Å². The number of rotatable bonds is 7. The summed E-state index contributed by atoms with van der Waals surface area (Å²) < 4.78 is 66.4. The van der Waals surface area contributed by atoms with E-state index in [9.17, 15) is 26.4 Å². The van der Waals surface area contributed by atoms with E-state index in [1.165, 1.54) is 18.2 Å². The number of halogens is 3. The lowest BCUT2D eigenvalue weighted by Gasteiger charge is -2.17. The van der Waals surface area contributed by atoms with Crippen molar-refractivity contribution in [2.24, 2.45) is 0 Å². The number of fused-ring (bicyclic) bond motifs is 1. The highest BCUT2D eigenvalue weighted by atomic mass is 32.2. The molecule has 3 N–H and O–H groups in total. The molecule has 0 aromatic heterocycles. The van der Waals surface area contributed by atoms with Crippen LogP contribution in [-0.4, -0.2) is 41.6 Å². The number of alkyl halides is 3. The molecule has 3 aromatic carbocycles. The maximum Gasteiger partial charge on any atom is 0.416 e. The summed E-state index contributed by atoms with van der Waals surface area (Å²) in [7, 11) is -0.143. The Morgan fingerprint density at radius 3 is 2.30 bits per heavy atom. The zero-order valence-electron chi connectivity index (χ0n) is 17.9. The van der Waals surface area contributed by atoms with E-state index in [1.807, 2.05) is 31.1 Å². The van der Waals surface area contributed by atoms with Crippen LogP contribution in [0.15, 0.2) is 65.6 Å². The summed E-state index contributed by atoms with van der Waals surface area (Å²) in [5.74, 6) is 0. The van der Waals surface area contributed by atoms with E-state index in [-0.39, 0.29) is 23.7 Å². The predicted octanol–water partition coefficient (Wildman–Crippen LogP) is 4.02. The third-order valence-electron chi connectivity index (χ3n) is 4.78. The molecule has 176 valence electrons. The second-order valence-electron chi connectivity index (χ2n) is 7.38. The van der Waals surface area contributed by atoms with Crippen LogP contribution in [0.5, 0.6) is 0 Å². The van der Waals surface area contributed by atoms with Crippen LogP contribution in [0.3, 0.4) is 0 Å². The van der Waals surface area contributed by atoms with Crippen LogP contribution in [0.25, 0.3) is 10.8 Å². The molecule has 0 heterocycles. The van der Waals surface area contributed by atoms with Crippen LogP contribution in [-0.2, 0) is 16.2 Å².